The van der Waals surface area contributed by atoms with E-state index in [1.807, 2.05) is 19.2 Å². The molecule has 1 atom stereocenters. The average molecular weight is 270 g/mol. The number of benzene rings is 1. The van der Waals surface area contributed by atoms with Gasteiger partial charge in [0, 0.05) is 30.6 Å². The van der Waals surface area contributed by atoms with Crippen LogP contribution in [0, 0.1) is 11.3 Å². The Morgan fingerprint density at radius 1 is 1.40 bits per heavy atom. The molecule has 0 saturated heterocycles. The lowest BCUT2D eigenvalue weighted by Gasteiger charge is -2.23. The first-order chi connectivity index (χ1) is 9.60. The van der Waals surface area contributed by atoms with Crippen LogP contribution in [0.1, 0.15) is 19.4 Å². The number of pyridine rings is 1. The van der Waals surface area contributed by atoms with Gasteiger partial charge in [0.1, 0.15) is 0 Å². The zero-order valence-corrected chi connectivity index (χ0v) is 12.1. The summed E-state index contributed by atoms with van der Waals surface area (Å²) >= 11 is 0. The summed E-state index contributed by atoms with van der Waals surface area (Å²) in [5, 5.41) is 8.67. The van der Waals surface area contributed by atoms with E-state index < -0.39 is 0 Å². The second kappa shape index (κ2) is 6.48. The summed E-state index contributed by atoms with van der Waals surface area (Å²) in [6.07, 6.45) is 1.81. The van der Waals surface area contributed by atoms with Crippen LogP contribution in [0.15, 0.2) is 36.5 Å². The van der Waals surface area contributed by atoms with Gasteiger partial charge in [0.2, 0.25) is 0 Å². The molecule has 1 aromatic carbocycles. The Morgan fingerprint density at radius 2 is 2.20 bits per heavy atom. The van der Waals surface area contributed by atoms with Crippen LogP contribution in [0.4, 0.5) is 0 Å². The number of hydrogen-bond acceptors (Lipinski definition) is 3. The van der Waals surface area contributed by atoms with E-state index in [1.54, 1.807) is 0 Å². The third-order valence-electron chi connectivity index (χ3n) is 3.58. The van der Waals surface area contributed by atoms with Crippen molar-refractivity contribution in [1.29, 1.82) is 5.41 Å². The minimum Gasteiger partial charge on any atom is -0.387 e. The number of hydrogen-bond donors (Lipinski definition) is 2. The van der Waals surface area contributed by atoms with Gasteiger partial charge in [-0.05, 0) is 30.3 Å². The van der Waals surface area contributed by atoms with Gasteiger partial charge in [0.15, 0.2) is 0 Å². The smallest absolute Gasteiger partial charge is 0.0947 e. The quantitative estimate of drug-likeness (QED) is 0.626. The maximum Gasteiger partial charge on any atom is 0.0947 e. The number of amidine groups is 1. The molecule has 0 aliphatic carbocycles. The summed E-state index contributed by atoms with van der Waals surface area (Å²) in [5.74, 6) is 0.350. The van der Waals surface area contributed by atoms with E-state index in [2.05, 4.69) is 41.1 Å². The molecule has 4 heteroatoms. The Morgan fingerprint density at radius 3 is 2.90 bits per heavy atom. The molecule has 1 heterocycles. The van der Waals surface area contributed by atoms with Crippen LogP contribution in [0.2, 0.25) is 0 Å². The highest BCUT2D eigenvalue weighted by atomic mass is 15.1. The van der Waals surface area contributed by atoms with Crippen LogP contribution in [0.5, 0.6) is 0 Å². The van der Waals surface area contributed by atoms with Crippen LogP contribution in [-0.4, -0.2) is 28.8 Å². The first kappa shape index (κ1) is 14.5. The summed E-state index contributed by atoms with van der Waals surface area (Å²) in [7, 11) is 0. The predicted octanol–water partition coefficient (Wildman–Crippen LogP) is 2.63. The van der Waals surface area contributed by atoms with E-state index in [0.717, 1.165) is 25.2 Å². The molecule has 1 unspecified atom stereocenters. The van der Waals surface area contributed by atoms with E-state index in [0.29, 0.717) is 0 Å². The first-order valence-electron chi connectivity index (χ1n) is 7.00. The molecule has 20 heavy (non-hydrogen) atoms. The maximum atomic E-state index is 7.50. The molecule has 0 radical (unpaired) electrons. The Labute approximate surface area is 120 Å². The van der Waals surface area contributed by atoms with Crippen LogP contribution in [0.25, 0.3) is 10.9 Å². The fourth-order valence-corrected chi connectivity index (χ4v) is 2.27. The summed E-state index contributed by atoms with van der Waals surface area (Å²) in [6.45, 7) is 6.77. The molecular weight excluding hydrogens is 248 g/mol. The van der Waals surface area contributed by atoms with Gasteiger partial charge in [0.25, 0.3) is 0 Å². The molecule has 0 aliphatic heterocycles. The Kier molecular flexibility index (Phi) is 4.69. The number of rotatable bonds is 6. The second-order valence-corrected chi connectivity index (χ2v) is 5.21. The number of nitrogens with zero attached hydrogens (tertiary/aromatic N) is 2. The van der Waals surface area contributed by atoms with Crippen molar-refractivity contribution in [3.8, 4) is 0 Å². The van der Waals surface area contributed by atoms with Gasteiger partial charge >= 0.3 is 0 Å². The summed E-state index contributed by atoms with van der Waals surface area (Å²) in [6, 6.07) is 10.4. The Bertz CT molecular complexity index is 594. The topological polar surface area (TPSA) is 66.0 Å². The zero-order valence-electron chi connectivity index (χ0n) is 12.1. The van der Waals surface area contributed by atoms with Gasteiger partial charge in [-0.15, -0.1) is 0 Å². The molecule has 2 rings (SSSR count). The van der Waals surface area contributed by atoms with Crippen molar-refractivity contribution in [3.63, 3.8) is 0 Å². The van der Waals surface area contributed by atoms with E-state index in [-0.39, 0.29) is 11.8 Å². The number of fused-ring (bicyclic) bond motifs is 1. The summed E-state index contributed by atoms with van der Waals surface area (Å²) < 4.78 is 0. The van der Waals surface area contributed by atoms with Crippen molar-refractivity contribution < 1.29 is 0 Å². The van der Waals surface area contributed by atoms with E-state index >= 15 is 0 Å². The van der Waals surface area contributed by atoms with Crippen molar-refractivity contribution in [1.82, 2.24) is 9.88 Å². The number of aromatic nitrogens is 1. The lowest BCUT2D eigenvalue weighted by Crippen LogP contribution is -2.34. The SMILES string of the molecule is CCN(Cc1ccc2ncccc2c1)CC(C)C(=N)N. The second-order valence-electron chi connectivity index (χ2n) is 5.21. The van der Waals surface area contributed by atoms with Gasteiger partial charge in [-0.25, -0.2) is 0 Å². The molecule has 0 aliphatic rings. The molecule has 0 bridgehead atoms. The highest BCUT2D eigenvalue weighted by Crippen LogP contribution is 2.15. The van der Waals surface area contributed by atoms with Crippen molar-refractivity contribution in [2.45, 2.75) is 20.4 Å². The van der Waals surface area contributed by atoms with Crippen LogP contribution in [0.3, 0.4) is 0 Å². The van der Waals surface area contributed by atoms with Gasteiger partial charge in [0.05, 0.1) is 11.4 Å². The summed E-state index contributed by atoms with van der Waals surface area (Å²) in [4.78, 5) is 6.64. The van der Waals surface area contributed by atoms with Crippen molar-refractivity contribution in [2.75, 3.05) is 13.1 Å². The highest BCUT2D eigenvalue weighted by molar-refractivity contribution is 5.79. The predicted molar refractivity (Wildman–Crippen MR) is 83.8 cm³/mol. The average Bonchev–Trinajstić information content (AvgIpc) is 2.46. The number of nitrogens with two attached hydrogens (primary N) is 1. The van der Waals surface area contributed by atoms with E-state index in [4.69, 9.17) is 11.1 Å². The zero-order chi connectivity index (χ0) is 14.5. The van der Waals surface area contributed by atoms with E-state index in [1.165, 1.54) is 10.9 Å². The molecule has 1 aromatic heterocycles. The van der Waals surface area contributed by atoms with Crippen molar-refractivity contribution >= 4 is 16.7 Å². The molecular formula is C16H22N4. The highest BCUT2D eigenvalue weighted by Gasteiger charge is 2.11. The lowest BCUT2D eigenvalue weighted by atomic mass is 10.1. The Hall–Kier alpha value is -1.94. The fraction of sp³-hybridized carbons (Fsp3) is 0.375. The molecule has 0 spiro atoms. The van der Waals surface area contributed by atoms with Gasteiger partial charge < -0.3 is 5.73 Å². The molecule has 0 amide bonds. The van der Waals surface area contributed by atoms with Crippen molar-refractivity contribution in [3.05, 3.63) is 42.1 Å². The molecule has 2 aromatic rings. The Balaban J connectivity index is 2.11. The van der Waals surface area contributed by atoms with E-state index in [9.17, 15) is 0 Å². The van der Waals surface area contributed by atoms with Crippen LogP contribution >= 0.6 is 0 Å². The number of nitrogens with one attached hydrogen (secondary N) is 1. The monoisotopic (exact) mass is 270 g/mol. The molecule has 106 valence electrons. The van der Waals surface area contributed by atoms with Crippen molar-refractivity contribution in [2.24, 2.45) is 11.7 Å². The third kappa shape index (κ3) is 3.54. The minimum absolute atomic E-state index is 0.0945. The normalized spacial score (nSPS) is 12.8. The van der Waals surface area contributed by atoms with Gasteiger partial charge in [-0.2, -0.15) is 0 Å². The third-order valence-corrected chi connectivity index (χ3v) is 3.58. The van der Waals surface area contributed by atoms with Crippen LogP contribution in [-0.2, 0) is 6.54 Å². The molecule has 3 N–H and O–H groups in total. The standard InChI is InChI=1S/C16H22N4/c1-3-20(10-12(2)16(17)18)11-13-6-7-15-14(9-13)5-4-8-19-15/h4-9,12H,3,10-11H2,1-2H3,(H3,17,18). The van der Waals surface area contributed by atoms with Gasteiger partial charge in [-0.1, -0.05) is 26.0 Å². The van der Waals surface area contributed by atoms with Crippen LogP contribution < -0.4 is 5.73 Å². The minimum atomic E-state index is 0.0945. The first-order valence-corrected chi connectivity index (χ1v) is 7.00. The molecule has 0 saturated carbocycles. The maximum absolute atomic E-state index is 7.50. The summed E-state index contributed by atoms with van der Waals surface area (Å²) in [5.41, 5.74) is 7.85. The fourth-order valence-electron chi connectivity index (χ4n) is 2.27. The largest absolute Gasteiger partial charge is 0.387 e. The van der Waals surface area contributed by atoms with Gasteiger partial charge in [-0.3, -0.25) is 15.3 Å². The molecule has 4 nitrogen and oxygen atoms in total. The molecule has 0 fully saturated rings. The lowest BCUT2D eigenvalue weighted by molar-refractivity contribution is 0.263.